The lowest BCUT2D eigenvalue weighted by Gasteiger charge is -2.24. The summed E-state index contributed by atoms with van der Waals surface area (Å²) in [6, 6.07) is 10.6. The van der Waals surface area contributed by atoms with Crippen LogP contribution in [-0.4, -0.2) is 28.3 Å². The number of rotatable bonds is 3. The zero-order chi connectivity index (χ0) is 18.3. The molecule has 6 nitrogen and oxygen atoms in total. The monoisotopic (exact) mass is 388 g/mol. The van der Waals surface area contributed by atoms with Gasteiger partial charge >= 0.3 is 0 Å². The molecule has 132 valence electrons. The Labute approximate surface area is 158 Å². The van der Waals surface area contributed by atoms with Gasteiger partial charge in [0.15, 0.2) is 0 Å². The molecule has 0 aliphatic carbocycles. The van der Waals surface area contributed by atoms with Crippen molar-refractivity contribution in [3.63, 3.8) is 0 Å². The number of hydrogen-bond acceptors (Lipinski definition) is 3. The van der Waals surface area contributed by atoms with Crippen LogP contribution in [0.3, 0.4) is 0 Å². The Morgan fingerprint density at radius 1 is 1.23 bits per heavy atom. The molecule has 0 radical (unpaired) electrons. The number of nitrogens with one attached hydrogen (secondary N) is 3. The predicted molar refractivity (Wildman–Crippen MR) is 101 cm³/mol. The van der Waals surface area contributed by atoms with Crippen LogP contribution in [-0.2, 0) is 11.2 Å². The second kappa shape index (κ2) is 6.63. The van der Waals surface area contributed by atoms with Crippen molar-refractivity contribution in [1.82, 2.24) is 15.3 Å². The SMILES string of the molecule is O=C(NCC1Cc2ccc(Cl)cc2NC1=O)c1cc2ccc(Cl)nc2[nH]1. The van der Waals surface area contributed by atoms with Crippen LogP contribution < -0.4 is 10.6 Å². The minimum absolute atomic E-state index is 0.134. The molecule has 1 aliphatic rings. The van der Waals surface area contributed by atoms with Crippen LogP contribution in [0.5, 0.6) is 0 Å². The van der Waals surface area contributed by atoms with E-state index in [1.54, 1.807) is 30.3 Å². The summed E-state index contributed by atoms with van der Waals surface area (Å²) >= 11 is 11.8. The topological polar surface area (TPSA) is 86.9 Å². The number of aromatic amines is 1. The van der Waals surface area contributed by atoms with Gasteiger partial charge in [0, 0.05) is 22.6 Å². The van der Waals surface area contributed by atoms with E-state index in [0.717, 1.165) is 16.6 Å². The van der Waals surface area contributed by atoms with Crippen LogP contribution in [0.15, 0.2) is 36.4 Å². The summed E-state index contributed by atoms with van der Waals surface area (Å²) in [4.78, 5) is 31.7. The van der Waals surface area contributed by atoms with Crippen LogP contribution in [0, 0.1) is 5.92 Å². The number of H-pyrrole nitrogens is 1. The van der Waals surface area contributed by atoms with Crippen molar-refractivity contribution < 1.29 is 9.59 Å². The summed E-state index contributed by atoms with van der Waals surface area (Å²) < 4.78 is 0. The predicted octanol–water partition coefficient (Wildman–Crippen LogP) is 3.41. The van der Waals surface area contributed by atoms with Crippen molar-refractivity contribution in [3.8, 4) is 0 Å². The number of aromatic nitrogens is 2. The average molecular weight is 389 g/mol. The van der Waals surface area contributed by atoms with E-state index in [9.17, 15) is 9.59 Å². The standard InChI is InChI=1S/C18H14Cl2N4O2/c19-12-3-1-9-5-11(17(25)23-13(9)7-12)8-21-18(26)14-6-10-2-4-15(20)24-16(10)22-14/h1-4,6-7,11H,5,8H2,(H,21,26)(H,22,24)(H,23,25). The molecule has 2 aromatic heterocycles. The first-order chi connectivity index (χ1) is 12.5. The number of fused-ring (bicyclic) bond motifs is 2. The van der Waals surface area contributed by atoms with Crippen LogP contribution >= 0.6 is 23.2 Å². The van der Waals surface area contributed by atoms with Crippen molar-refractivity contribution >= 4 is 51.7 Å². The van der Waals surface area contributed by atoms with Gasteiger partial charge in [-0.15, -0.1) is 0 Å². The largest absolute Gasteiger partial charge is 0.350 e. The molecule has 1 unspecified atom stereocenters. The zero-order valence-electron chi connectivity index (χ0n) is 13.5. The molecule has 0 saturated carbocycles. The number of halogens is 2. The highest BCUT2D eigenvalue weighted by molar-refractivity contribution is 6.31. The maximum Gasteiger partial charge on any atom is 0.267 e. The summed E-state index contributed by atoms with van der Waals surface area (Å²) in [6.07, 6.45) is 0.544. The third-order valence-corrected chi connectivity index (χ3v) is 4.81. The Balaban J connectivity index is 1.45. The van der Waals surface area contributed by atoms with Gasteiger partial charge in [-0.1, -0.05) is 29.3 Å². The highest BCUT2D eigenvalue weighted by Gasteiger charge is 2.26. The highest BCUT2D eigenvalue weighted by atomic mass is 35.5. The molecule has 3 N–H and O–H groups in total. The maximum atomic E-state index is 12.4. The Kier molecular flexibility index (Phi) is 4.30. The van der Waals surface area contributed by atoms with Crippen molar-refractivity contribution in [3.05, 3.63) is 57.8 Å². The minimum atomic E-state index is -0.343. The van der Waals surface area contributed by atoms with E-state index in [-0.39, 0.29) is 24.3 Å². The molecule has 2 amide bonds. The lowest BCUT2D eigenvalue weighted by atomic mass is 9.93. The molecule has 1 atom stereocenters. The van der Waals surface area contributed by atoms with E-state index in [1.165, 1.54) is 0 Å². The van der Waals surface area contributed by atoms with Crippen LogP contribution in [0.2, 0.25) is 10.2 Å². The average Bonchev–Trinajstić information content (AvgIpc) is 3.03. The summed E-state index contributed by atoms with van der Waals surface area (Å²) in [5, 5.41) is 7.35. The first kappa shape index (κ1) is 16.9. The quantitative estimate of drug-likeness (QED) is 0.600. The molecule has 26 heavy (non-hydrogen) atoms. The summed E-state index contributed by atoms with van der Waals surface area (Å²) in [7, 11) is 0. The van der Waals surface area contributed by atoms with E-state index in [2.05, 4.69) is 20.6 Å². The molecule has 1 aliphatic heterocycles. The number of carbonyl (C=O) groups excluding carboxylic acids is 2. The normalized spacial score (nSPS) is 16.2. The Morgan fingerprint density at radius 2 is 2.08 bits per heavy atom. The van der Waals surface area contributed by atoms with Crippen LogP contribution in [0.4, 0.5) is 5.69 Å². The number of anilines is 1. The highest BCUT2D eigenvalue weighted by Crippen LogP contribution is 2.28. The number of amides is 2. The Bertz CT molecular complexity index is 1030. The van der Waals surface area contributed by atoms with Crippen molar-refractivity contribution in [2.24, 2.45) is 5.92 Å². The van der Waals surface area contributed by atoms with E-state index >= 15 is 0 Å². The summed E-state index contributed by atoms with van der Waals surface area (Å²) in [5.74, 6) is -0.774. The molecular weight excluding hydrogens is 375 g/mol. The summed E-state index contributed by atoms with van der Waals surface area (Å²) in [5.41, 5.74) is 2.64. The van der Waals surface area contributed by atoms with Crippen molar-refractivity contribution in [2.75, 3.05) is 11.9 Å². The van der Waals surface area contributed by atoms with Crippen LogP contribution in [0.1, 0.15) is 16.1 Å². The molecule has 3 aromatic rings. The fourth-order valence-corrected chi connectivity index (χ4v) is 3.34. The molecule has 4 rings (SSSR count). The number of carbonyl (C=O) groups is 2. The van der Waals surface area contributed by atoms with E-state index in [4.69, 9.17) is 23.2 Å². The first-order valence-electron chi connectivity index (χ1n) is 8.02. The molecule has 0 saturated heterocycles. The number of hydrogen-bond donors (Lipinski definition) is 3. The summed E-state index contributed by atoms with van der Waals surface area (Å²) in [6.45, 7) is 0.232. The Hall–Kier alpha value is -2.57. The molecule has 3 heterocycles. The molecule has 0 bridgehead atoms. The first-order valence-corrected chi connectivity index (χ1v) is 8.78. The van der Waals surface area contributed by atoms with Crippen molar-refractivity contribution in [1.29, 1.82) is 0 Å². The van der Waals surface area contributed by atoms with Gasteiger partial charge in [-0.3, -0.25) is 9.59 Å². The lowest BCUT2D eigenvalue weighted by molar-refractivity contribution is -0.120. The van der Waals surface area contributed by atoms with Gasteiger partial charge in [-0.2, -0.15) is 0 Å². The molecule has 8 heteroatoms. The van der Waals surface area contributed by atoms with Crippen molar-refractivity contribution in [2.45, 2.75) is 6.42 Å². The zero-order valence-corrected chi connectivity index (χ0v) is 15.0. The van der Waals surface area contributed by atoms with Gasteiger partial charge in [0.1, 0.15) is 16.5 Å². The maximum absolute atomic E-state index is 12.4. The second-order valence-electron chi connectivity index (χ2n) is 6.16. The fraction of sp³-hybridized carbons (Fsp3) is 0.167. The van der Waals surface area contributed by atoms with Gasteiger partial charge < -0.3 is 15.6 Å². The molecule has 1 aromatic carbocycles. The third kappa shape index (κ3) is 3.25. The van der Waals surface area contributed by atoms with E-state index < -0.39 is 0 Å². The van der Waals surface area contributed by atoms with E-state index in [0.29, 0.717) is 27.9 Å². The van der Waals surface area contributed by atoms with Gasteiger partial charge in [0.25, 0.3) is 5.91 Å². The lowest BCUT2D eigenvalue weighted by Crippen LogP contribution is -2.39. The third-order valence-electron chi connectivity index (χ3n) is 4.37. The fourth-order valence-electron chi connectivity index (χ4n) is 3.02. The molecule has 0 spiro atoms. The van der Waals surface area contributed by atoms with Crippen LogP contribution in [0.25, 0.3) is 11.0 Å². The molecule has 0 fully saturated rings. The number of nitrogens with zero attached hydrogens (tertiary/aromatic N) is 1. The number of benzene rings is 1. The number of pyridine rings is 1. The van der Waals surface area contributed by atoms with Gasteiger partial charge in [-0.25, -0.2) is 4.98 Å². The van der Waals surface area contributed by atoms with E-state index in [1.807, 2.05) is 6.07 Å². The Morgan fingerprint density at radius 3 is 2.92 bits per heavy atom. The van der Waals surface area contributed by atoms with Gasteiger partial charge in [-0.05, 0) is 42.3 Å². The van der Waals surface area contributed by atoms with Gasteiger partial charge in [0.05, 0.1) is 5.92 Å². The minimum Gasteiger partial charge on any atom is -0.350 e. The van der Waals surface area contributed by atoms with Gasteiger partial charge in [0.2, 0.25) is 5.91 Å². The smallest absolute Gasteiger partial charge is 0.267 e. The second-order valence-corrected chi connectivity index (χ2v) is 6.98. The molecular formula is C18H14Cl2N4O2.